The molecular formula is C7H11N5. The quantitative estimate of drug-likeness (QED) is 0.634. The van der Waals surface area contributed by atoms with Gasteiger partial charge >= 0.3 is 0 Å². The van der Waals surface area contributed by atoms with E-state index >= 15 is 0 Å². The second-order valence-electron chi connectivity index (χ2n) is 2.95. The number of aromatic nitrogens is 4. The third kappa shape index (κ3) is 1.40. The lowest BCUT2D eigenvalue weighted by atomic mass is 10.2. The van der Waals surface area contributed by atoms with Crippen molar-refractivity contribution < 1.29 is 0 Å². The fourth-order valence-electron chi connectivity index (χ4n) is 1.33. The van der Waals surface area contributed by atoms with E-state index in [9.17, 15) is 0 Å². The van der Waals surface area contributed by atoms with Crippen molar-refractivity contribution in [3.05, 3.63) is 11.6 Å². The SMILES string of the molecule is Cc1nnc(C2CCCN2)nn1. The van der Waals surface area contributed by atoms with E-state index in [1.165, 1.54) is 6.42 Å². The molecule has 0 aromatic carbocycles. The minimum atomic E-state index is 0.269. The molecule has 1 N–H and O–H groups in total. The maximum absolute atomic E-state index is 3.97. The average molecular weight is 165 g/mol. The zero-order chi connectivity index (χ0) is 8.39. The van der Waals surface area contributed by atoms with Gasteiger partial charge in [0.2, 0.25) is 0 Å². The molecule has 1 fully saturated rings. The average Bonchev–Trinajstić information content (AvgIpc) is 2.58. The first kappa shape index (κ1) is 7.54. The van der Waals surface area contributed by atoms with Gasteiger partial charge in [0.25, 0.3) is 0 Å². The number of nitrogens with one attached hydrogen (secondary N) is 1. The number of hydrogen-bond acceptors (Lipinski definition) is 5. The predicted octanol–water partition coefficient (Wildman–Crippen LogP) is -0.000480. The Hall–Kier alpha value is -1.10. The zero-order valence-corrected chi connectivity index (χ0v) is 6.99. The number of aryl methyl sites for hydroxylation is 1. The Labute approximate surface area is 70.6 Å². The van der Waals surface area contributed by atoms with Crippen molar-refractivity contribution in [3.63, 3.8) is 0 Å². The van der Waals surface area contributed by atoms with Gasteiger partial charge in [-0.15, -0.1) is 20.4 Å². The van der Waals surface area contributed by atoms with Gasteiger partial charge in [-0.05, 0) is 26.3 Å². The second kappa shape index (κ2) is 3.10. The van der Waals surface area contributed by atoms with Crippen LogP contribution in [-0.2, 0) is 0 Å². The molecule has 5 nitrogen and oxygen atoms in total. The van der Waals surface area contributed by atoms with E-state index in [-0.39, 0.29) is 6.04 Å². The Morgan fingerprint density at radius 3 is 2.58 bits per heavy atom. The molecule has 12 heavy (non-hydrogen) atoms. The molecule has 2 heterocycles. The van der Waals surface area contributed by atoms with Crippen LogP contribution in [0.15, 0.2) is 0 Å². The highest BCUT2D eigenvalue weighted by Gasteiger charge is 2.19. The molecular weight excluding hydrogens is 154 g/mol. The monoisotopic (exact) mass is 165 g/mol. The lowest BCUT2D eigenvalue weighted by Gasteiger charge is -2.05. The highest BCUT2D eigenvalue weighted by Crippen LogP contribution is 2.17. The van der Waals surface area contributed by atoms with Crippen molar-refractivity contribution in [2.75, 3.05) is 6.54 Å². The first-order valence-electron chi connectivity index (χ1n) is 4.13. The predicted molar refractivity (Wildman–Crippen MR) is 42.3 cm³/mol. The molecule has 1 atom stereocenters. The van der Waals surface area contributed by atoms with Crippen LogP contribution in [0.3, 0.4) is 0 Å². The van der Waals surface area contributed by atoms with E-state index in [1.807, 2.05) is 0 Å². The van der Waals surface area contributed by atoms with Gasteiger partial charge in [-0.1, -0.05) is 0 Å². The highest BCUT2D eigenvalue weighted by atomic mass is 15.3. The highest BCUT2D eigenvalue weighted by molar-refractivity contribution is 4.93. The molecule has 1 unspecified atom stereocenters. The van der Waals surface area contributed by atoms with Crippen LogP contribution < -0.4 is 5.32 Å². The third-order valence-corrected chi connectivity index (χ3v) is 1.97. The summed E-state index contributed by atoms with van der Waals surface area (Å²) >= 11 is 0. The van der Waals surface area contributed by atoms with Gasteiger partial charge in [0.05, 0.1) is 6.04 Å². The van der Waals surface area contributed by atoms with Gasteiger partial charge in [-0.2, -0.15) is 0 Å². The standard InChI is InChI=1S/C7H11N5/c1-5-9-11-7(12-10-5)6-3-2-4-8-6/h6,8H,2-4H2,1H3. The minimum Gasteiger partial charge on any atom is -0.307 e. The Morgan fingerprint density at radius 2 is 2.00 bits per heavy atom. The van der Waals surface area contributed by atoms with Crippen LogP contribution in [0.4, 0.5) is 0 Å². The molecule has 0 spiro atoms. The molecule has 5 heteroatoms. The van der Waals surface area contributed by atoms with Crippen molar-refractivity contribution in [1.29, 1.82) is 0 Å². The summed E-state index contributed by atoms with van der Waals surface area (Å²) in [5.74, 6) is 1.34. The fourth-order valence-corrected chi connectivity index (χ4v) is 1.33. The van der Waals surface area contributed by atoms with E-state index in [2.05, 4.69) is 25.7 Å². The van der Waals surface area contributed by atoms with Gasteiger partial charge in [0.15, 0.2) is 11.6 Å². The van der Waals surface area contributed by atoms with Crippen molar-refractivity contribution in [2.45, 2.75) is 25.8 Å². The Balaban J connectivity index is 2.17. The smallest absolute Gasteiger partial charge is 0.190 e. The van der Waals surface area contributed by atoms with E-state index in [4.69, 9.17) is 0 Å². The Bertz CT molecular complexity index is 251. The molecule has 2 rings (SSSR count). The van der Waals surface area contributed by atoms with Crippen LogP contribution in [0.25, 0.3) is 0 Å². The summed E-state index contributed by atoms with van der Waals surface area (Å²) in [5, 5.41) is 19.0. The normalized spacial score (nSPS) is 22.9. The fraction of sp³-hybridized carbons (Fsp3) is 0.714. The van der Waals surface area contributed by atoms with Crippen molar-refractivity contribution in [3.8, 4) is 0 Å². The maximum atomic E-state index is 3.97. The number of rotatable bonds is 1. The maximum Gasteiger partial charge on any atom is 0.190 e. The first-order chi connectivity index (χ1) is 5.86. The second-order valence-corrected chi connectivity index (χ2v) is 2.95. The van der Waals surface area contributed by atoms with Gasteiger partial charge in [0, 0.05) is 0 Å². The molecule has 0 amide bonds. The molecule has 0 bridgehead atoms. The molecule has 1 saturated heterocycles. The first-order valence-corrected chi connectivity index (χ1v) is 4.13. The van der Waals surface area contributed by atoms with Crippen LogP contribution in [-0.4, -0.2) is 26.9 Å². The van der Waals surface area contributed by atoms with Crippen molar-refractivity contribution >= 4 is 0 Å². The van der Waals surface area contributed by atoms with Crippen LogP contribution in [0.1, 0.15) is 30.5 Å². The molecule has 1 aliphatic heterocycles. The molecule has 0 aliphatic carbocycles. The Kier molecular flexibility index (Phi) is 1.95. The lowest BCUT2D eigenvalue weighted by Crippen LogP contribution is -2.17. The summed E-state index contributed by atoms with van der Waals surface area (Å²) in [7, 11) is 0. The van der Waals surface area contributed by atoms with Gasteiger partial charge < -0.3 is 5.32 Å². The van der Waals surface area contributed by atoms with E-state index in [1.54, 1.807) is 6.92 Å². The van der Waals surface area contributed by atoms with Gasteiger partial charge in [-0.25, -0.2) is 0 Å². The van der Waals surface area contributed by atoms with Crippen LogP contribution >= 0.6 is 0 Å². The largest absolute Gasteiger partial charge is 0.307 e. The topological polar surface area (TPSA) is 63.6 Å². The summed E-state index contributed by atoms with van der Waals surface area (Å²) in [4.78, 5) is 0. The van der Waals surface area contributed by atoms with Crippen LogP contribution in [0.2, 0.25) is 0 Å². The molecule has 0 saturated carbocycles. The third-order valence-electron chi connectivity index (χ3n) is 1.97. The van der Waals surface area contributed by atoms with Crippen LogP contribution in [0.5, 0.6) is 0 Å². The molecule has 1 aliphatic rings. The van der Waals surface area contributed by atoms with Gasteiger partial charge in [0.1, 0.15) is 0 Å². The summed E-state index contributed by atoms with van der Waals surface area (Å²) in [6.45, 7) is 2.83. The summed E-state index contributed by atoms with van der Waals surface area (Å²) in [5.41, 5.74) is 0. The van der Waals surface area contributed by atoms with Crippen molar-refractivity contribution in [2.24, 2.45) is 0 Å². The van der Waals surface area contributed by atoms with Gasteiger partial charge in [-0.3, -0.25) is 0 Å². The molecule has 1 aromatic rings. The van der Waals surface area contributed by atoms with E-state index < -0.39 is 0 Å². The number of hydrogen-bond donors (Lipinski definition) is 1. The van der Waals surface area contributed by atoms with E-state index in [0.717, 1.165) is 18.8 Å². The Morgan fingerprint density at radius 1 is 1.25 bits per heavy atom. The minimum absolute atomic E-state index is 0.269. The molecule has 64 valence electrons. The summed E-state index contributed by atoms with van der Waals surface area (Å²) < 4.78 is 0. The zero-order valence-electron chi connectivity index (χ0n) is 6.99. The molecule has 1 aromatic heterocycles. The summed E-state index contributed by atoms with van der Waals surface area (Å²) in [6, 6.07) is 0.269. The van der Waals surface area contributed by atoms with E-state index in [0.29, 0.717) is 5.82 Å². The summed E-state index contributed by atoms with van der Waals surface area (Å²) in [6.07, 6.45) is 2.27. The van der Waals surface area contributed by atoms with Crippen LogP contribution in [0, 0.1) is 6.92 Å². The molecule has 0 radical (unpaired) electrons. The lowest BCUT2D eigenvalue weighted by molar-refractivity contribution is 0.567. The number of nitrogens with zero attached hydrogens (tertiary/aromatic N) is 4. The van der Waals surface area contributed by atoms with Crippen molar-refractivity contribution in [1.82, 2.24) is 25.7 Å².